The normalized spacial score (nSPS) is 11.9. The first-order valence-electron chi connectivity index (χ1n) is 10.1. The molecule has 0 aliphatic heterocycles. The van der Waals surface area contributed by atoms with Crippen LogP contribution in [0.3, 0.4) is 0 Å². The van der Waals surface area contributed by atoms with E-state index in [0.29, 0.717) is 16.3 Å². The van der Waals surface area contributed by atoms with Crippen molar-refractivity contribution in [2.45, 2.75) is 44.9 Å². The van der Waals surface area contributed by atoms with Crippen LogP contribution in [0, 0.1) is 6.92 Å². The molecule has 170 valence electrons. The molecule has 0 aliphatic rings. The van der Waals surface area contributed by atoms with E-state index in [4.69, 9.17) is 20.8 Å². The number of furan rings is 1. The van der Waals surface area contributed by atoms with E-state index in [1.54, 1.807) is 43.3 Å². The summed E-state index contributed by atoms with van der Waals surface area (Å²) in [6, 6.07) is 13.6. The highest BCUT2D eigenvalue weighted by Gasteiger charge is 2.34. The summed E-state index contributed by atoms with van der Waals surface area (Å²) in [7, 11) is -4.20. The highest BCUT2D eigenvalue weighted by atomic mass is 35.5. The molecule has 3 rings (SSSR count). The van der Waals surface area contributed by atoms with E-state index in [1.165, 1.54) is 6.92 Å². The van der Waals surface area contributed by atoms with Crippen molar-refractivity contribution in [3.63, 3.8) is 0 Å². The fraction of sp³-hybridized carbons (Fsp3) is 0.292. The summed E-state index contributed by atoms with van der Waals surface area (Å²) < 4.78 is 40.4. The van der Waals surface area contributed by atoms with E-state index in [0.717, 1.165) is 5.56 Å². The molecule has 0 saturated carbocycles. The molecule has 0 aliphatic carbocycles. The van der Waals surface area contributed by atoms with Gasteiger partial charge >= 0.3 is 5.97 Å². The van der Waals surface area contributed by atoms with Crippen molar-refractivity contribution in [2.75, 3.05) is 11.3 Å². The number of halogens is 1. The Bertz CT molecular complexity index is 1220. The Kier molecular flexibility index (Phi) is 6.72. The maximum Gasteiger partial charge on any atom is 0.343 e. The van der Waals surface area contributed by atoms with Crippen molar-refractivity contribution in [1.29, 1.82) is 0 Å². The molecule has 32 heavy (non-hydrogen) atoms. The Morgan fingerprint density at radius 3 is 2.19 bits per heavy atom. The van der Waals surface area contributed by atoms with Crippen LogP contribution < -0.4 is 4.72 Å². The standard InChI is InChI=1S/C24H26ClNO5S/c1-6-30-23(27)20-15(2)31-21(16-7-11-18(25)12-8-16)22(20)32(28,29)26-19-13-9-17(10-14-19)24(3,4)5/h7-14,26H,6H2,1-5H3. The smallest absolute Gasteiger partial charge is 0.343 e. The van der Waals surface area contributed by atoms with Gasteiger partial charge in [-0.1, -0.05) is 44.5 Å². The van der Waals surface area contributed by atoms with Crippen molar-refractivity contribution in [1.82, 2.24) is 0 Å². The van der Waals surface area contributed by atoms with Gasteiger partial charge in [0.05, 0.1) is 6.61 Å². The lowest BCUT2D eigenvalue weighted by molar-refractivity contribution is 0.0520. The first-order chi connectivity index (χ1) is 14.9. The SMILES string of the molecule is CCOC(=O)c1c(C)oc(-c2ccc(Cl)cc2)c1S(=O)(=O)Nc1ccc(C(C)(C)C)cc1. The van der Waals surface area contributed by atoms with Crippen LogP contribution in [0.5, 0.6) is 0 Å². The van der Waals surface area contributed by atoms with Crippen molar-refractivity contribution in [3.8, 4) is 11.3 Å². The van der Waals surface area contributed by atoms with Gasteiger partial charge in [-0.15, -0.1) is 0 Å². The van der Waals surface area contributed by atoms with Crippen molar-refractivity contribution in [2.24, 2.45) is 0 Å². The molecule has 1 heterocycles. The number of nitrogens with one attached hydrogen (secondary N) is 1. The minimum atomic E-state index is -4.20. The number of hydrogen-bond acceptors (Lipinski definition) is 5. The molecule has 0 atom stereocenters. The Morgan fingerprint density at radius 1 is 1.06 bits per heavy atom. The number of carbonyl (C=O) groups is 1. The molecule has 0 saturated heterocycles. The summed E-state index contributed by atoms with van der Waals surface area (Å²) >= 11 is 5.97. The van der Waals surface area contributed by atoms with E-state index >= 15 is 0 Å². The summed E-state index contributed by atoms with van der Waals surface area (Å²) in [5, 5.41) is 0.490. The maximum absolute atomic E-state index is 13.5. The zero-order valence-corrected chi connectivity index (χ0v) is 20.2. The summed E-state index contributed by atoms with van der Waals surface area (Å²) in [5.41, 5.74) is 1.70. The molecule has 0 amide bonds. The molecule has 2 aromatic carbocycles. The second-order valence-electron chi connectivity index (χ2n) is 8.35. The second-order valence-corrected chi connectivity index (χ2v) is 10.4. The van der Waals surface area contributed by atoms with Crippen molar-refractivity contribution in [3.05, 3.63) is 70.4 Å². The molecule has 0 spiro atoms. The van der Waals surface area contributed by atoms with Crippen LogP contribution >= 0.6 is 11.6 Å². The first-order valence-corrected chi connectivity index (χ1v) is 12.0. The average Bonchev–Trinajstić information content (AvgIpc) is 3.06. The molecule has 1 aromatic heterocycles. The molecular formula is C24H26ClNO5S. The quantitative estimate of drug-likeness (QED) is 0.430. The maximum atomic E-state index is 13.5. The third kappa shape index (κ3) is 5.00. The van der Waals surface area contributed by atoms with Crippen molar-refractivity contribution >= 4 is 33.3 Å². The second kappa shape index (κ2) is 9.00. The Balaban J connectivity index is 2.12. The average molecular weight is 476 g/mol. The molecule has 6 nitrogen and oxygen atoms in total. The van der Waals surface area contributed by atoms with Crippen LogP contribution in [0.4, 0.5) is 5.69 Å². The minimum absolute atomic E-state index is 0.0426. The zero-order valence-electron chi connectivity index (χ0n) is 18.7. The molecule has 0 fully saturated rings. The summed E-state index contributed by atoms with van der Waals surface area (Å²) in [6.45, 7) is 9.50. The molecule has 1 N–H and O–H groups in total. The number of aryl methyl sites for hydroxylation is 1. The minimum Gasteiger partial charge on any atom is -0.462 e. The van der Waals surface area contributed by atoms with Crippen LogP contribution in [0.15, 0.2) is 57.8 Å². The lowest BCUT2D eigenvalue weighted by Gasteiger charge is -2.19. The number of rotatable bonds is 6. The van der Waals surface area contributed by atoms with Gasteiger partial charge in [0.25, 0.3) is 10.0 Å². The zero-order chi connectivity index (χ0) is 23.7. The van der Waals surface area contributed by atoms with E-state index in [1.807, 2.05) is 12.1 Å². The fourth-order valence-corrected chi connectivity index (χ4v) is 4.83. The molecular weight excluding hydrogens is 450 g/mol. The predicted octanol–water partition coefficient (Wildman–Crippen LogP) is 6.18. The van der Waals surface area contributed by atoms with Crippen molar-refractivity contribution < 1.29 is 22.4 Å². The van der Waals surface area contributed by atoms with Gasteiger partial charge in [0, 0.05) is 16.3 Å². The van der Waals surface area contributed by atoms with Crippen LogP contribution in [-0.2, 0) is 20.2 Å². The Hall–Kier alpha value is -2.77. The highest BCUT2D eigenvalue weighted by molar-refractivity contribution is 7.93. The molecule has 8 heteroatoms. The first kappa shape index (κ1) is 23.9. The molecule has 0 bridgehead atoms. The van der Waals surface area contributed by atoms with E-state index < -0.39 is 16.0 Å². The lowest BCUT2D eigenvalue weighted by Crippen LogP contribution is -2.18. The number of sulfonamides is 1. The Labute approximate surface area is 193 Å². The van der Waals surface area contributed by atoms with Crippen LogP contribution in [0.1, 0.15) is 49.4 Å². The number of ether oxygens (including phenoxy) is 1. The number of anilines is 1. The van der Waals surface area contributed by atoms with Crippen LogP contribution in [-0.4, -0.2) is 21.0 Å². The molecule has 3 aromatic rings. The number of esters is 1. The van der Waals surface area contributed by atoms with Gasteiger partial charge < -0.3 is 9.15 Å². The third-order valence-corrected chi connectivity index (χ3v) is 6.58. The Morgan fingerprint density at radius 2 is 1.66 bits per heavy atom. The van der Waals surface area contributed by atoms with Gasteiger partial charge in [0.15, 0.2) is 5.76 Å². The molecule has 0 unspecified atom stereocenters. The van der Waals surface area contributed by atoms with Gasteiger partial charge in [-0.25, -0.2) is 13.2 Å². The summed E-state index contributed by atoms with van der Waals surface area (Å²) in [4.78, 5) is 12.4. The van der Waals surface area contributed by atoms with E-state index in [-0.39, 0.29) is 34.0 Å². The van der Waals surface area contributed by atoms with Gasteiger partial charge in [0.2, 0.25) is 0 Å². The topological polar surface area (TPSA) is 85.6 Å². The summed E-state index contributed by atoms with van der Waals surface area (Å²) in [5.74, 6) is -0.574. The van der Waals surface area contributed by atoms with Crippen LogP contribution in [0.2, 0.25) is 5.02 Å². The van der Waals surface area contributed by atoms with Gasteiger partial charge in [-0.05, 0) is 61.2 Å². The van der Waals surface area contributed by atoms with E-state index in [9.17, 15) is 13.2 Å². The largest absolute Gasteiger partial charge is 0.462 e. The molecule has 0 radical (unpaired) electrons. The fourth-order valence-electron chi connectivity index (χ4n) is 3.26. The van der Waals surface area contributed by atoms with Crippen LogP contribution in [0.25, 0.3) is 11.3 Å². The number of carbonyl (C=O) groups excluding carboxylic acids is 1. The lowest BCUT2D eigenvalue weighted by atomic mass is 9.87. The van der Waals surface area contributed by atoms with Gasteiger partial charge in [-0.3, -0.25) is 4.72 Å². The number of hydrogen-bond donors (Lipinski definition) is 1. The highest BCUT2D eigenvalue weighted by Crippen LogP contribution is 2.37. The van der Waals surface area contributed by atoms with Gasteiger partial charge in [0.1, 0.15) is 16.2 Å². The van der Waals surface area contributed by atoms with E-state index in [2.05, 4.69) is 25.5 Å². The number of benzene rings is 2. The summed E-state index contributed by atoms with van der Waals surface area (Å²) in [6.07, 6.45) is 0. The predicted molar refractivity (Wildman–Crippen MR) is 126 cm³/mol. The monoisotopic (exact) mass is 475 g/mol. The third-order valence-electron chi connectivity index (χ3n) is 4.90. The van der Waals surface area contributed by atoms with Gasteiger partial charge in [-0.2, -0.15) is 0 Å².